The first-order chi connectivity index (χ1) is 10.8. The number of hydrogen-bond donors (Lipinski definition) is 1. The van der Waals surface area contributed by atoms with Crippen LogP contribution in [-0.4, -0.2) is 54.4 Å². The fraction of sp³-hybridized carbons (Fsp3) is 0.733. The summed E-state index contributed by atoms with van der Waals surface area (Å²) in [4.78, 5) is 14.3. The number of hydrogen-bond acceptors (Lipinski definition) is 4. The van der Waals surface area contributed by atoms with Gasteiger partial charge in [-0.25, -0.2) is 13.1 Å². The van der Waals surface area contributed by atoms with Crippen molar-refractivity contribution in [1.29, 1.82) is 0 Å². The smallest absolute Gasteiger partial charge is 0.222 e. The third kappa shape index (κ3) is 4.32. The minimum atomic E-state index is -3.25. The Hall–Kier alpha value is -1.41. The summed E-state index contributed by atoms with van der Waals surface area (Å²) in [6.45, 7) is 1.16. The Labute approximate surface area is 137 Å². The Morgan fingerprint density at radius 3 is 2.70 bits per heavy atom. The molecule has 128 valence electrons. The SMILES string of the molecule is Cn1cc(CCC(=O)N2CC(NS(C)(=O)=O)C(C3CC3)C2)cn1. The Morgan fingerprint density at radius 2 is 2.13 bits per heavy atom. The van der Waals surface area contributed by atoms with E-state index in [0.29, 0.717) is 31.8 Å². The van der Waals surface area contributed by atoms with Crippen molar-refractivity contribution in [2.75, 3.05) is 19.3 Å². The predicted octanol–water partition coefficient (Wildman–Crippen LogP) is 0.139. The maximum absolute atomic E-state index is 12.4. The van der Waals surface area contributed by atoms with Crippen LogP contribution in [0, 0.1) is 11.8 Å². The van der Waals surface area contributed by atoms with E-state index < -0.39 is 10.0 Å². The van der Waals surface area contributed by atoms with Crippen LogP contribution in [-0.2, 0) is 28.3 Å². The lowest BCUT2D eigenvalue weighted by molar-refractivity contribution is -0.130. The summed E-state index contributed by atoms with van der Waals surface area (Å²) in [6.07, 6.45) is 8.27. The number of rotatable bonds is 6. The van der Waals surface area contributed by atoms with Crippen molar-refractivity contribution in [1.82, 2.24) is 19.4 Å². The fourth-order valence-corrected chi connectivity index (χ4v) is 4.24. The van der Waals surface area contributed by atoms with Crippen molar-refractivity contribution in [2.24, 2.45) is 18.9 Å². The van der Waals surface area contributed by atoms with Crippen LogP contribution in [0.4, 0.5) is 0 Å². The highest BCUT2D eigenvalue weighted by atomic mass is 32.2. The Bertz CT molecular complexity index is 681. The van der Waals surface area contributed by atoms with Gasteiger partial charge in [0.2, 0.25) is 15.9 Å². The van der Waals surface area contributed by atoms with Crippen LogP contribution in [0.5, 0.6) is 0 Å². The van der Waals surface area contributed by atoms with Crippen molar-refractivity contribution in [2.45, 2.75) is 31.7 Å². The number of sulfonamides is 1. The monoisotopic (exact) mass is 340 g/mol. The lowest BCUT2D eigenvalue weighted by atomic mass is 9.99. The third-order valence-electron chi connectivity index (χ3n) is 4.70. The zero-order valence-electron chi connectivity index (χ0n) is 13.6. The first kappa shape index (κ1) is 16.4. The molecule has 0 spiro atoms. The summed E-state index contributed by atoms with van der Waals surface area (Å²) < 4.78 is 27.5. The highest BCUT2D eigenvalue weighted by molar-refractivity contribution is 7.88. The van der Waals surface area contributed by atoms with Gasteiger partial charge in [0.25, 0.3) is 0 Å². The van der Waals surface area contributed by atoms with Gasteiger partial charge in [0.1, 0.15) is 0 Å². The number of carbonyl (C=O) groups is 1. The second kappa shape index (κ2) is 6.24. The van der Waals surface area contributed by atoms with Gasteiger partial charge in [-0.15, -0.1) is 0 Å². The van der Waals surface area contributed by atoms with Gasteiger partial charge in [-0.1, -0.05) is 0 Å². The predicted molar refractivity (Wildman–Crippen MR) is 86.1 cm³/mol. The molecule has 7 nitrogen and oxygen atoms in total. The fourth-order valence-electron chi connectivity index (χ4n) is 3.44. The zero-order valence-corrected chi connectivity index (χ0v) is 14.4. The number of nitrogens with one attached hydrogen (secondary N) is 1. The van der Waals surface area contributed by atoms with Crippen molar-refractivity contribution in [3.63, 3.8) is 0 Å². The minimum Gasteiger partial charge on any atom is -0.341 e. The lowest BCUT2D eigenvalue weighted by Gasteiger charge is -2.17. The van der Waals surface area contributed by atoms with E-state index >= 15 is 0 Å². The molecule has 0 aromatic carbocycles. The maximum atomic E-state index is 12.4. The van der Waals surface area contributed by atoms with E-state index in [1.807, 2.05) is 18.1 Å². The molecule has 8 heteroatoms. The van der Waals surface area contributed by atoms with Gasteiger partial charge in [0.15, 0.2) is 0 Å². The topological polar surface area (TPSA) is 84.3 Å². The zero-order chi connectivity index (χ0) is 16.6. The van der Waals surface area contributed by atoms with Crippen LogP contribution >= 0.6 is 0 Å². The van der Waals surface area contributed by atoms with Crippen LogP contribution in [0.15, 0.2) is 12.4 Å². The largest absolute Gasteiger partial charge is 0.341 e. The van der Waals surface area contributed by atoms with Gasteiger partial charge in [-0.3, -0.25) is 9.48 Å². The van der Waals surface area contributed by atoms with Crippen LogP contribution < -0.4 is 4.72 Å². The summed E-state index contributed by atoms with van der Waals surface area (Å²) in [5, 5.41) is 4.10. The molecule has 1 aliphatic heterocycles. The molecule has 0 bridgehead atoms. The standard InChI is InChI=1S/C15H24N4O3S/c1-18-8-11(7-16-18)3-6-15(20)19-9-13(12-4-5-12)14(10-19)17-23(2,21)22/h7-8,12-14,17H,3-6,9-10H2,1-2H3. The first-order valence-corrected chi connectivity index (χ1v) is 9.93. The molecule has 2 heterocycles. The molecule has 2 fully saturated rings. The van der Waals surface area contributed by atoms with Crippen molar-refractivity contribution >= 4 is 15.9 Å². The first-order valence-electron chi connectivity index (χ1n) is 8.04. The number of likely N-dealkylation sites (tertiary alicyclic amines) is 1. The lowest BCUT2D eigenvalue weighted by Crippen LogP contribution is -2.41. The molecule has 1 aromatic heterocycles. The van der Waals surface area contributed by atoms with Crippen LogP contribution in [0.1, 0.15) is 24.8 Å². The second-order valence-electron chi connectivity index (χ2n) is 6.82. The molecule has 1 aliphatic carbocycles. The summed E-state index contributed by atoms with van der Waals surface area (Å²) in [5.41, 5.74) is 1.05. The molecule has 1 amide bonds. The van der Waals surface area contributed by atoms with E-state index in [9.17, 15) is 13.2 Å². The summed E-state index contributed by atoms with van der Waals surface area (Å²) in [7, 11) is -1.39. The molecule has 3 rings (SSSR count). The summed E-state index contributed by atoms with van der Waals surface area (Å²) in [5.74, 6) is 0.912. The second-order valence-corrected chi connectivity index (χ2v) is 8.60. The van der Waals surface area contributed by atoms with E-state index in [2.05, 4.69) is 9.82 Å². The average Bonchev–Trinajstić information content (AvgIpc) is 3.09. The number of carbonyl (C=O) groups excluding carboxylic acids is 1. The molecule has 1 aromatic rings. The molecule has 1 saturated heterocycles. The van der Waals surface area contributed by atoms with Crippen LogP contribution in [0.25, 0.3) is 0 Å². The van der Waals surface area contributed by atoms with Gasteiger partial charge in [0, 0.05) is 38.8 Å². The van der Waals surface area contributed by atoms with Gasteiger partial charge in [-0.05, 0) is 36.7 Å². The van der Waals surface area contributed by atoms with E-state index in [4.69, 9.17) is 0 Å². The molecule has 2 atom stereocenters. The van der Waals surface area contributed by atoms with Gasteiger partial charge < -0.3 is 4.90 Å². The molecular formula is C15H24N4O3S. The van der Waals surface area contributed by atoms with E-state index in [-0.39, 0.29) is 17.9 Å². The molecule has 2 aliphatic rings. The maximum Gasteiger partial charge on any atom is 0.222 e. The Balaban J connectivity index is 1.58. The van der Waals surface area contributed by atoms with Crippen LogP contribution in [0.2, 0.25) is 0 Å². The molecule has 23 heavy (non-hydrogen) atoms. The highest BCUT2D eigenvalue weighted by Crippen LogP contribution is 2.41. The van der Waals surface area contributed by atoms with Crippen LogP contribution in [0.3, 0.4) is 0 Å². The van der Waals surface area contributed by atoms with E-state index in [0.717, 1.165) is 18.4 Å². The molecule has 1 saturated carbocycles. The average molecular weight is 340 g/mol. The highest BCUT2D eigenvalue weighted by Gasteiger charge is 2.44. The normalized spacial score (nSPS) is 25.0. The summed E-state index contributed by atoms with van der Waals surface area (Å²) in [6, 6.07) is -0.139. The number of nitrogens with zero attached hydrogens (tertiary/aromatic N) is 3. The number of aromatic nitrogens is 2. The van der Waals surface area contributed by atoms with E-state index in [1.54, 1.807) is 10.9 Å². The third-order valence-corrected chi connectivity index (χ3v) is 5.43. The molecule has 0 radical (unpaired) electrons. The van der Waals surface area contributed by atoms with Gasteiger partial charge in [0.05, 0.1) is 12.5 Å². The minimum absolute atomic E-state index is 0.0947. The Morgan fingerprint density at radius 1 is 1.39 bits per heavy atom. The van der Waals surface area contributed by atoms with Crippen molar-refractivity contribution < 1.29 is 13.2 Å². The van der Waals surface area contributed by atoms with Gasteiger partial charge in [-0.2, -0.15) is 5.10 Å². The quantitative estimate of drug-likeness (QED) is 0.798. The number of amides is 1. The van der Waals surface area contributed by atoms with Crippen molar-refractivity contribution in [3.8, 4) is 0 Å². The molecule has 1 N–H and O–H groups in total. The molecular weight excluding hydrogens is 316 g/mol. The van der Waals surface area contributed by atoms with Gasteiger partial charge >= 0.3 is 0 Å². The Kier molecular flexibility index (Phi) is 4.46. The number of aryl methyl sites for hydroxylation is 2. The van der Waals surface area contributed by atoms with E-state index in [1.165, 1.54) is 6.26 Å². The van der Waals surface area contributed by atoms with Crippen molar-refractivity contribution in [3.05, 3.63) is 18.0 Å². The molecule has 2 unspecified atom stereocenters. The summed E-state index contributed by atoms with van der Waals surface area (Å²) >= 11 is 0.